The number of carbonyl (C=O) groups excluding carboxylic acids is 2. The number of amides is 2. The molecule has 10 heteroatoms. The highest BCUT2D eigenvalue weighted by Crippen LogP contribution is 2.23. The molecule has 0 aliphatic carbocycles. The molecule has 0 fully saturated rings. The number of carbonyl (C=O) groups is 3. The van der Waals surface area contributed by atoms with E-state index in [0.29, 0.717) is 28.4 Å². The molecule has 2 amide bonds. The van der Waals surface area contributed by atoms with Crippen molar-refractivity contribution in [1.29, 1.82) is 0 Å². The third-order valence-corrected chi connectivity index (χ3v) is 5.76. The van der Waals surface area contributed by atoms with Gasteiger partial charge in [-0.25, -0.2) is 9.18 Å². The van der Waals surface area contributed by atoms with Gasteiger partial charge in [0.05, 0.1) is 31.1 Å². The van der Waals surface area contributed by atoms with Gasteiger partial charge in [-0.05, 0) is 47.5 Å². The van der Waals surface area contributed by atoms with E-state index in [1.807, 2.05) is 0 Å². The molecule has 0 spiro atoms. The first-order valence-corrected chi connectivity index (χ1v) is 12.3. The van der Waals surface area contributed by atoms with Crippen LogP contribution >= 0.6 is 11.6 Å². The van der Waals surface area contributed by atoms with E-state index in [1.54, 1.807) is 60.7 Å². The summed E-state index contributed by atoms with van der Waals surface area (Å²) in [5.74, 6) is -1.16. The molecule has 200 valence electrons. The van der Waals surface area contributed by atoms with E-state index < -0.39 is 18.1 Å². The molecule has 0 saturated heterocycles. The minimum Gasteiger partial charge on any atom is -0.492 e. The molecule has 0 bridgehead atoms. The molecule has 38 heavy (non-hydrogen) atoms. The molecule has 3 N–H and O–H groups in total. The average Bonchev–Trinajstić information content (AvgIpc) is 2.87. The van der Waals surface area contributed by atoms with Crippen molar-refractivity contribution < 1.29 is 33.4 Å². The maximum atomic E-state index is 13.0. The predicted molar refractivity (Wildman–Crippen MR) is 141 cm³/mol. The molecule has 0 aliphatic rings. The lowest BCUT2D eigenvalue weighted by Crippen LogP contribution is -2.38. The monoisotopic (exact) mass is 542 g/mol. The molecule has 0 aliphatic heterocycles. The largest absolute Gasteiger partial charge is 0.492 e. The van der Waals surface area contributed by atoms with E-state index >= 15 is 0 Å². The van der Waals surface area contributed by atoms with Crippen LogP contribution < -0.4 is 15.4 Å². The van der Waals surface area contributed by atoms with E-state index in [-0.39, 0.29) is 44.2 Å². The number of anilines is 1. The first kappa shape index (κ1) is 28.5. The topological polar surface area (TPSA) is 114 Å². The van der Waals surface area contributed by atoms with Crippen molar-refractivity contribution in [2.75, 3.05) is 18.5 Å². The van der Waals surface area contributed by atoms with Crippen molar-refractivity contribution in [2.24, 2.45) is 0 Å². The van der Waals surface area contributed by atoms with Crippen LogP contribution in [0.3, 0.4) is 0 Å². The Labute approximate surface area is 224 Å². The van der Waals surface area contributed by atoms with Crippen molar-refractivity contribution in [3.63, 3.8) is 0 Å². The summed E-state index contributed by atoms with van der Waals surface area (Å²) in [5, 5.41) is 14.9. The van der Waals surface area contributed by atoms with Crippen LogP contribution in [0, 0.1) is 5.82 Å². The van der Waals surface area contributed by atoms with Crippen LogP contribution in [-0.4, -0.2) is 42.3 Å². The highest BCUT2D eigenvalue weighted by atomic mass is 35.5. The fraction of sp³-hybridized carbons (Fsp3) is 0.250. The van der Waals surface area contributed by atoms with Gasteiger partial charge in [0, 0.05) is 24.6 Å². The van der Waals surface area contributed by atoms with E-state index in [9.17, 15) is 18.8 Å². The average molecular weight is 543 g/mol. The van der Waals surface area contributed by atoms with Gasteiger partial charge in [0.15, 0.2) is 0 Å². The molecule has 0 radical (unpaired) electrons. The number of para-hydroxylation sites is 1. The van der Waals surface area contributed by atoms with Gasteiger partial charge in [0.25, 0.3) is 0 Å². The van der Waals surface area contributed by atoms with Gasteiger partial charge in [-0.1, -0.05) is 48.0 Å². The van der Waals surface area contributed by atoms with Gasteiger partial charge in [0.1, 0.15) is 11.6 Å². The fourth-order valence-electron chi connectivity index (χ4n) is 3.53. The zero-order valence-electron chi connectivity index (χ0n) is 20.5. The molecular formula is C28H28ClFN2O6. The Balaban J connectivity index is 1.39. The standard InChI is InChI=1S/C28H28ClFN2O6/c29-24-3-1-2-4-25(24)37-16-14-23(18-27(34)35)32-28(36)38-15-13-19-7-11-22(12-8-19)31-26(33)17-20-5-9-21(30)10-6-20/h1-12,23H,13-18H2,(H,31,33)(H,32,36)(H,34,35)/t23-/m0/s1. The molecule has 3 aromatic carbocycles. The van der Waals surface area contributed by atoms with Crippen LogP contribution in [0.15, 0.2) is 72.8 Å². The zero-order chi connectivity index (χ0) is 27.3. The van der Waals surface area contributed by atoms with Crippen LogP contribution in [0.1, 0.15) is 24.0 Å². The number of hydrogen-bond acceptors (Lipinski definition) is 5. The van der Waals surface area contributed by atoms with Gasteiger partial charge in [-0.15, -0.1) is 0 Å². The second-order valence-corrected chi connectivity index (χ2v) is 8.85. The van der Waals surface area contributed by atoms with Gasteiger partial charge in [-0.3, -0.25) is 9.59 Å². The third kappa shape index (κ3) is 10.1. The maximum Gasteiger partial charge on any atom is 0.407 e. The number of benzene rings is 3. The van der Waals surface area contributed by atoms with Crippen molar-refractivity contribution in [3.8, 4) is 5.75 Å². The van der Waals surface area contributed by atoms with Crippen molar-refractivity contribution in [3.05, 3.63) is 94.8 Å². The van der Waals surface area contributed by atoms with Crippen LogP contribution in [0.2, 0.25) is 5.02 Å². The lowest BCUT2D eigenvalue weighted by molar-refractivity contribution is -0.137. The van der Waals surface area contributed by atoms with Crippen LogP contribution in [0.5, 0.6) is 5.75 Å². The van der Waals surface area contributed by atoms with E-state index in [0.717, 1.165) is 5.56 Å². The fourth-order valence-corrected chi connectivity index (χ4v) is 3.72. The quantitative estimate of drug-likeness (QED) is 0.272. The molecule has 0 aromatic heterocycles. The molecule has 0 saturated carbocycles. The van der Waals surface area contributed by atoms with Crippen LogP contribution in [-0.2, 0) is 27.2 Å². The molecule has 0 heterocycles. The van der Waals surface area contributed by atoms with E-state index in [2.05, 4.69) is 10.6 Å². The number of rotatable bonds is 13. The Morgan fingerprint density at radius 2 is 1.61 bits per heavy atom. The Kier molecular flexibility index (Phi) is 10.9. The maximum absolute atomic E-state index is 13.0. The highest BCUT2D eigenvalue weighted by Gasteiger charge is 2.17. The first-order valence-electron chi connectivity index (χ1n) is 11.9. The molecule has 1 atom stereocenters. The summed E-state index contributed by atoms with van der Waals surface area (Å²) in [7, 11) is 0. The number of carboxylic acid groups (broad SMARTS) is 1. The van der Waals surface area contributed by atoms with Gasteiger partial charge < -0.3 is 25.2 Å². The summed E-state index contributed by atoms with van der Waals surface area (Å²) in [4.78, 5) is 35.6. The van der Waals surface area contributed by atoms with Gasteiger partial charge >= 0.3 is 12.1 Å². The number of nitrogens with one attached hydrogen (secondary N) is 2. The van der Waals surface area contributed by atoms with E-state index in [1.165, 1.54) is 12.1 Å². The molecule has 0 unspecified atom stereocenters. The van der Waals surface area contributed by atoms with Crippen LogP contribution in [0.25, 0.3) is 0 Å². The zero-order valence-corrected chi connectivity index (χ0v) is 21.2. The number of halogens is 2. The predicted octanol–water partition coefficient (Wildman–Crippen LogP) is 5.24. The van der Waals surface area contributed by atoms with Gasteiger partial charge in [0.2, 0.25) is 5.91 Å². The van der Waals surface area contributed by atoms with Crippen molar-refractivity contribution >= 4 is 35.3 Å². The smallest absolute Gasteiger partial charge is 0.407 e. The Hall–Kier alpha value is -4.11. The summed E-state index contributed by atoms with van der Waals surface area (Å²) in [6.45, 7) is 0.243. The second-order valence-electron chi connectivity index (χ2n) is 8.44. The van der Waals surface area contributed by atoms with Crippen LogP contribution in [0.4, 0.5) is 14.9 Å². The summed E-state index contributed by atoms with van der Waals surface area (Å²) in [6, 6.07) is 19.0. The minimum atomic E-state index is -1.06. The summed E-state index contributed by atoms with van der Waals surface area (Å²) < 4.78 is 23.8. The normalized spacial score (nSPS) is 11.3. The summed E-state index contributed by atoms with van der Waals surface area (Å²) >= 11 is 6.04. The van der Waals surface area contributed by atoms with Crippen molar-refractivity contribution in [2.45, 2.75) is 31.7 Å². The number of ether oxygens (including phenoxy) is 2. The number of hydrogen-bond donors (Lipinski definition) is 3. The number of aliphatic carboxylic acids is 1. The van der Waals surface area contributed by atoms with Gasteiger partial charge in [-0.2, -0.15) is 0 Å². The summed E-state index contributed by atoms with van der Waals surface area (Å²) in [6.07, 6.45) is -0.203. The van der Waals surface area contributed by atoms with E-state index in [4.69, 9.17) is 26.2 Å². The lowest BCUT2D eigenvalue weighted by Gasteiger charge is -2.17. The summed E-state index contributed by atoms with van der Waals surface area (Å²) in [5.41, 5.74) is 2.19. The lowest BCUT2D eigenvalue weighted by atomic mass is 10.1. The SMILES string of the molecule is O=C(O)C[C@H](CCOc1ccccc1Cl)NC(=O)OCCc1ccc(NC(=O)Cc2ccc(F)cc2)cc1. The third-order valence-electron chi connectivity index (χ3n) is 5.44. The minimum absolute atomic E-state index is 0.0814. The molecule has 8 nitrogen and oxygen atoms in total. The Morgan fingerprint density at radius 3 is 2.29 bits per heavy atom. The Bertz CT molecular complexity index is 1220. The molecular weight excluding hydrogens is 515 g/mol. The highest BCUT2D eigenvalue weighted by molar-refractivity contribution is 6.32. The number of alkyl carbamates (subject to hydrolysis) is 1. The molecule has 3 rings (SSSR count). The van der Waals surface area contributed by atoms with Crippen molar-refractivity contribution in [1.82, 2.24) is 5.32 Å². The Morgan fingerprint density at radius 1 is 0.921 bits per heavy atom. The molecule has 3 aromatic rings. The number of carboxylic acids is 1. The second kappa shape index (κ2) is 14.6. The first-order chi connectivity index (χ1) is 18.3.